The number of carbonyl (C=O) groups excluding carboxylic acids is 1. The fraction of sp³-hybridized carbons (Fsp3) is 0.533. The lowest BCUT2D eigenvalue weighted by Gasteiger charge is -2.09. The van der Waals surface area contributed by atoms with E-state index in [1.165, 1.54) is 18.2 Å². The summed E-state index contributed by atoms with van der Waals surface area (Å²) in [7, 11) is 0. The molecule has 1 rings (SSSR count). The molecule has 0 aliphatic rings. The minimum absolute atomic E-state index is 0.0202. The van der Waals surface area contributed by atoms with Crippen LogP contribution >= 0.6 is 0 Å². The van der Waals surface area contributed by atoms with Crippen LogP contribution in [-0.2, 0) is 0 Å². The summed E-state index contributed by atoms with van der Waals surface area (Å²) >= 11 is 0. The Hall–Kier alpha value is -2.11. The highest BCUT2D eigenvalue weighted by atomic mass is 16.6. The number of benzene rings is 1. The van der Waals surface area contributed by atoms with E-state index >= 15 is 0 Å². The van der Waals surface area contributed by atoms with Crippen molar-refractivity contribution < 1.29 is 9.72 Å². The predicted octanol–water partition coefficient (Wildman–Crippen LogP) is 3.19. The largest absolute Gasteiger partial charge is 0.380 e. The number of hydrogen-bond acceptors (Lipinski definition) is 4. The monoisotopic (exact) mass is 293 g/mol. The molecule has 0 aromatic heterocycles. The average molecular weight is 293 g/mol. The Kier molecular flexibility index (Phi) is 6.65. The lowest BCUT2D eigenvalue weighted by atomic mass is 10.1. The first kappa shape index (κ1) is 16.9. The summed E-state index contributed by atoms with van der Waals surface area (Å²) in [4.78, 5) is 22.5. The number of anilines is 1. The zero-order chi connectivity index (χ0) is 15.8. The molecule has 1 aromatic rings. The van der Waals surface area contributed by atoms with Crippen molar-refractivity contribution in [1.29, 1.82) is 0 Å². The molecule has 1 aromatic carbocycles. The molecular formula is C15H23N3O3. The molecule has 116 valence electrons. The first-order valence-corrected chi connectivity index (χ1v) is 7.26. The quantitative estimate of drug-likeness (QED) is 0.438. The van der Waals surface area contributed by atoms with E-state index in [4.69, 9.17) is 0 Å². The second-order valence-corrected chi connectivity index (χ2v) is 5.31. The van der Waals surface area contributed by atoms with E-state index in [0.29, 0.717) is 30.3 Å². The summed E-state index contributed by atoms with van der Waals surface area (Å²) in [5, 5.41) is 16.7. The van der Waals surface area contributed by atoms with Gasteiger partial charge in [0.05, 0.1) is 4.92 Å². The van der Waals surface area contributed by atoms with Crippen molar-refractivity contribution in [2.45, 2.75) is 33.6 Å². The first-order chi connectivity index (χ1) is 9.95. The molecule has 21 heavy (non-hydrogen) atoms. The van der Waals surface area contributed by atoms with Crippen LogP contribution < -0.4 is 10.6 Å². The third-order valence-electron chi connectivity index (χ3n) is 3.07. The van der Waals surface area contributed by atoms with Crippen LogP contribution in [-0.4, -0.2) is 23.9 Å². The molecule has 0 bridgehead atoms. The zero-order valence-corrected chi connectivity index (χ0v) is 12.8. The second kappa shape index (κ2) is 8.24. The SMILES string of the molecule is CCNc1cc(C(=O)NCCCC(C)C)ccc1[N+](=O)[O-]. The van der Waals surface area contributed by atoms with Crippen molar-refractivity contribution in [2.75, 3.05) is 18.4 Å². The molecule has 0 radical (unpaired) electrons. The Morgan fingerprint density at radius 2 is 2.10 bits per heavy atom. The van der Waals surface area contributed by atoms with Crippen molar-refractivity contribution in [2.24, 2.45) is 5.92 Å². The lowest BCUT2D eigenvalue weighted by molar-refractivity contribution is -0.384. The molecule has 0 saturated carbocycles. The van der Waals surface area contributed by atoms with Gasteiger partial charge < -0.3 is 10.6 Å². The van der Waals surface area contributed by atoms with Crippen LogP contribution in [0.1, 0.15) is 44.0 Å². The van der Waals surface area contributed by atoms with Gasteiger partial charge in [0.25, 0.3) is 11.6 Å². The first-order valence-electron chi connectivity index (χ1n) is 7.26. The summed E-state index contributed by atoms with van der Waals surface area (Å²) in [6.07, 6.45) is 1.99. The molecule has 0 aliphatic heterocycles. The predicted molar refractivity (Wildman–Crippen MR) is 83.7 cm³/mol. The molecule has 0 spiro atoms. The van der Waals surface area contributed by atoms with E-state index in [1.54, 1.807) is 0 Å². The average Bonchev–Trinajstić information content (AvgIpc) is 2.43. The molecule has 0 fully saturated rings. The molecule has 0 atom stereocenters. The molecule has 0 heterocycles. The van der Waals surface area contributed by atoms with Crippen LogP contribution in [0.15, 0.2) is 18.2 Å². The van der Waals surface area contributed by atoms with Crippen molar-refractivity contribution in [1.82, 2.24) is 5.32 Å². The van der Waals surface area contributed by atoms with Gasteiger partial charge in [-0.15, -0.1) is 0 Å². The van der Waals surface area contributed by atoms with Gasteiger partial charge in [-0.05, 0) is 37.8 Å². The minimum atomic E-state index is -0.456. The molecule has 2 N–H and O–H groups in total. The third kappa shape index (κ3) is 5.41. The number of amides is 1. The zero-order valence-electron chi connectivity index (χ0n) is 12.8. The van der Waals surface area contributed by atoms with E-state index < -0.39 is 4.92 Å². The van der Waals surface area contributed by atoms with Gasteiger partial charge in [0.1, 0.15) is 5.69 Å². The number of hydrogen-bond donors (Lipinski definition) is 2. The number of nitrogens with zero attached hydrogens (tertiary/aromatic N) is 1. The van der Waals surface area contributed by atoms with E-state index in [9.17, 15) is 14.9 Å². The Morgan fingerprint density at radius 1 is 1.38 bits per heavy atom. The van der Waals surface area contributed by atoms with Gasteiger partial charge >= 0.3 is 0 Å². The molecule has 6 nitrogen and oxygen atoms in total. The van der Waals surface area contributed by atoms with Crippen LogP contribution in [0.25, 0.3) is 0 Å². The smallest absolute Gasteiger partial charge is 0.292 e. The maximum atomic E-state index is 12.0. The number of rotatable bonds is 8. The number of nitro groups is 1. The molecule has 0 unspecified atom stereocenters. The fourth-order valence-electron chi connectivity index (χ4n) is 1.98. The highest BCUT2D eigenvalue weighted by Crippen LogP contribution is 2.25. The summed E-state index contributed by atoms with van der Waals surface area (Å²) in [6, 6.07) is 4.37. The molecule has 6 heteroatoms. The summed E-state index contributed by atoms with van der Waals surface area (Å²) < 4.78 is 0. The highest BCUT2D eigenvalue weighted by molar-refractivity contribution is 5.95. The van der Waals surface area contributed by atoms with Crippen LogP contribution in [0, 0.1) is 16.0 Å². The third-order valence-corrected chi connectivity index (χ3v) is 3.07. The fourth-order valence-corrected chi connectivity index (χ4v) is 1.98. The van der Waals surface area contributed by atoms with Gasteiger partial charge in [-0.25, -0.2) is 0 Å². The highest BCUT2D eigenvalue weighted by Gasteiger charge is 2.16. The van der Waals surface area contributed by atoms with Crippen molar-refractivity contribution in [3.8, 4) is 0 Å². The van der Waals surface area contributed by atoms with Crippen LogP contribution in [0.4, 0.5) is 11.4 Å². The van der Waals surface area contributed by atoms with E-state index in [2.05, 4.69) is 24.5 Å². The van der Waals surface area contributed by atoms with Crippen molar-refractivity contribution in [3.05, 3.63) is 33.9 Å². The van der Waals surface area contributed by atoms with E-state index in [-0.39, 0.29) is 11.6 Å². The second-order valence-electron chi connectivity index (χ2n) is 5.31. The van der Waals surface area contributed by atoms with Crippen LogP contribution in [0.2, 0.25) is 0 Å². The van der Waals surface area contributed by atoms with Crippen molar-refractivity contribution in [3.63, 3.8) is 0 Å². The normalized spacial score (nSPS) is 10.5. The van der Waals surface area contributed by atoms with Gasteiger partial charge in [0.2, 0.25) is 0 Å². The molecular weight excluding hydrogens is 270 g/mol. The summed E-state index contributed by atoms with van der Waals surface area (Å²) in [5.41, 5.74) is 0.784. The molecule has 1 amide bonds. The Balaban J connectivity index is 2.71. The van der Waals surface area contributed by atoms with Crippen LogP contribution in [0.3, 0.4) is 0 Å². The molecule has 0 aliphatic carbocycles. The lowest BCUT2D eigenvalue weighted by Crippen LogP contribution is -2.24. The molecule has 0 saturated heterocycles. The Morgan fingerprint density at radius 3 is 2.67 bits per heavy atom. The number of nitro benzene ring substituents is 1. The maximum Gasteiger partial charge on any atom is 0.292 e. The Bertz CT molecular complexity index is 501. The summed E-state index contributed by atoms with van der Waals surface area (Å²) in [6.45, 7) is 7.30. The van der Waals surface area contributed by atoms with Gasteiger partial charge in [-0.1, -0.05) is 13.8 Å². The Labute approximate surface area is 125 Å². The van der Waals surface area contributed by atoms with Crippen LogP contribution in [0.5, 0.6) is 0 Å². The van der Waals surface area contributed by atoms with Gasteiger partial charge in [-0.2, -0.15) is 0 Å². The van der Waals surface area contributed by atoms with E-state index in [1.807, 2.05) is 6.92 Å². The van der Waals surface area contributed by atoms with Crippen molar-refractivity contribution >= 4 is 17.3 Å². The summed E-state index contributed by atoms with van der Waals surface area (Å²) in [5.74, 6) is 0.412. The van der Waals surface area contributed by atoms with Gasteiger partial charge in [-0.3, -0.25) is 14.9 Å². The topological polar surface area (TPSA) is 84.3 Å². The van der Waals surface area contributed by atoms with E-state index in [0.717, 1.165) is 12.8 Å². The maximum absolute atomic E-state index is 12.0. The number of nitrogens with one attached hydrogen (secondary N) is 2. The number of carbonyl (C=O) groups is 1. The standard InChI is InChI=1S/C15H23N3O3/c1-4-16-13-10-12(7-8-14(13)18(20)21)15(19)17-9-5-6-11(2)3/h7-8,10-11,16H,4-6,9H2,1-3H3,(H,17,19). The van der Waals surface area contributed by atoms with Gasteiger partial charge in [0.15, 0.2) is 0 Å². The van der Waals surface area contributed by atoms with Gasteiger partial charge in [0, 0.05) is 24.7 Å². The minimum Gasteiger partial charge on any atom is -0.380 e.